The monoisotopic (exact) mass is 307 g/mol. The van der Waals surface area contributed by atoms with E-state index < -0.39 is 0 Å². The SMILES string of the molecule is CSc1ccccc1OC(c1ccccc1Cl)C(C)N. The van der Waals surface area contributed by atoms with Crippen LogP contribution in [0.1, 0.15) is 18.6 Å². The van der Waals surface area contributed by atoms with Crippen LogP contribution in [0.3, 0.4) is 0 Å². The van der Waals surface area contributed by atoms with Gasteiger partial charge in [0.05, 0.1) is 0 Å². The molecule has 106 valence electrons. The summed E-state index contributed by atoms with van der Waals surface area (Å²) in [4.78, 5) is 1.09. The first kappa shape index (κ1) is 15.2. The van der Waals surface area contributed by atoms with Crippen molar-refractivity contribution in [3.63, 3.8) is 0 Å². The van der Waals surface area contributed by atoms with E-state index in [1.54, 1.807) is 11.8 Å². The highest BCUT2D eigenvalue weighted by Gasteiger charge is 2.21. The molecule has 0 bridgehead atoms. The number of hydrogen-bond acceptors (Lipinski definition) is 3. The van der Waals surface area contributed by atoms with Gasteiger partial charge in [-0.05, 0) is 31.4 Å². The van der Waals surface area contributed by atoms with Gasteiger partial charge >= 0.3 is 0 Å². The number of halogens is 1. The minimum absolute atomic E-state index is 0.162. The maximum absolute atomic E-state index is 6.26. The predicted molar refractivity (Wildman–Crippen MR) is 86.7 cm³/mol. The molecule has 0 aromatic heterocycles. The Hall–Kier alpha value is -1.16. The van der Waals surface area contributed by atoms with E-state index in [4.69, 9.17) is 22.1 Å². The molecule has 2 rings (SSSR count). The first-order chi connectivity index (χ1) is 9.63. The molecule has 0 aliphatic heterocycles. The van der Waals surface area contributed by atoms with Crippen LogP contribution >= 0.6 is 23.4 Å². The molecule has 0 spiro atoms. The molecule has 2 aromatic rings. The highest BCUT2D eigenvalue weighted by atomic mass is 35.5. The van der Waals surface area contributed by atoms with Gasteiger partial charge in [0.25, 0.3) is 0 Å². The van der Waals surface area contributed by atoms with E-state index in [9.17, 15) is 0 Å². The minimum Gasteiger partial charge on any atom is -0.483 e. The molecular weight excluding hydrogens is 290 g/mol. The number of nitrogens with two attached hydrogens (primary N) is 1. The van der Waals surface area contributed by atoms with E-state index in [1.165, 1.54) is 0 Å². The molecule has 0 fully saturated rings. The van der Waals surface area contributed by atoms with E-state index in [0.29, 0.717) is 5.02 Å². The number of rotatable bonds is 5. The number of ether oxygens (including phenoxy) is 1. The van der Waals surface area contributed by atoms with Gasteiger partial charge < -0.3 is 10.5 Å². The summed E-state index contributed by atoms with van der Waals surface area (Å²) in [5, 5.41) is 0.677. The third-order valence-corrected chi connectivity index (χ3v) is 4.13. The molecule has 0 aliphatic carbocycles. The van der Waals surface area contributed by atoms with Crippen molar-refractivity contribution in [3.05, 3.63) is 59.1 Å². The Labute approximate surface area is 129 Å². The van der Waals surface area contributed by atoms with Crippen molar-refractivity contribution in [2.75, 3.05) is 6.26 Å². The summed E-state index contributed by atoms with van der Waals surface area (Å²) in [6.45, 7) is 1.93. The van der Waals surface area contributed by atoms with E-state index in [1.807, 2.05) is 61.7 Å². The summed E-state index contributed by atoms with van der Waals surface area (Å²) < 4.78 is 6.13. The molecule has 0 radical (unpaired) electrons. The number of thioether (sulfide) groups is 1. The van der Waals surface area contributed by atoms with Gasteiger partial charge in [-0.3, -0.25) is 0 Å². The van der Waals surface area contributed by atoms with Crippen LogP contribution in [0.4, 0.5) is 0 Å². The highest BCUT2D eigenvalue weighted by Crippen LogP contribution is 2.34. The van der Waals surface area contributed by atoms with Crippen molar-refractivity contribution in [3.8, 4) is 5.75 Å². The molecule has 2 aromatic carbocycles. The van der Waals surface area contributed by atoms with Crippen molar-refractivity contribution in [1.82, 2.24) is 0 Å². The molecule has 2 nitrogen and oxygen atoms in total. The highest BCUT2D eigenvalue weighted by molar-refractivity contribution is 7.98. The zero-order valence-electron chi connectivity index (χ0n) is 11.5. The first-order valence-corrected chi connectivity index (χ1v) is 8.03. The Morgan fingerprint density at radius 2 is 1.75 bits per heavy atom. The van der Waals surface area contributed by atoms with Gasteiger partial charge in [-0.25, -0.2) is 0 Å². The van der Waals surface area contributed by atoms with Crippen molar-refractivity contribution in [2.24, 2.45) is 5.73 Å². The number of hydrogen-bond donors (Lipinski definition) is 1. The lowest BCUT2D eigenvalue weighted by Gasteiger charge is -2.24. The van der Waals surface area contributed by atoms with E-state index in [2.05, 4.69) is 0 Å². The quantitative estimate of drug-likeness (QED) is 0.824. The van der Waals surface area contributed by atoms with E-state index >= 15 is 0 Å². The van der Waals surface area contributed by atoms with Gasteiger partial charge in [0.2, 0.25) is 0 Å². The molecule has 4 heteroatoms. The third kappa shape index (κ3) is 3.48. The second-order valence-corrected chi connectivity index (χ2v) is 5.83. The molecular formula is C16H18ClNOS. The number of para-hydroxylation sites is 1. The second-order valence-electron chi connectivity index (χ2n) is 4.57. The van der Waals surface area contributed by atoms with Gasteiger partial charge in [-0.2, -0.15) is 0 Å². The molecule has 0 heterocycles. The summed E-state index contributed by atoms with van der Waals surface area (Å²) in [7, 11) is 0. The number of benzene rings is 2. The third-order valence-electron chi connectivity index (χ3n) is 3.01. The average molecular weight is 308 g/mol. The fourth-order valence-electron chi connectivity index (χ4n) is 2.01. The fraction of sp³-hybridized carbons (Fsp3) is 0.250. The normalized spacial score (nSPS) is 13.8. The lowest BCUT2D eigenvalue weighted by Crippen LogP contribution is -2.29. The molecule has 20 heavy (non-hydrogen) atoms. The minimum atomic E-state index is -0.267. The average Bonchev–Trinajstić information content (AvgIpc) is 2.46. The summed E-state index contributed by atoms with van der Waals surface area (Å²) >= 11 is 7.91. The van der Waals surface area contributed by atoms with Crippen LogP contribution in [-0.4, -0.2) is 12.3 Å². The van der Waals surface area contributed by atoms with E-state index in [-0.39, 0.29) is 12.1 Å². The molecule has 2 N–H and O–H groups in total. The predicted octanol–water partition coefficient (Wildman–Crippen LogP) is 4.53. The topological polar surface area (TPSA) is 35.2 Å². The fourth-order valence-corrected chi connectivity index (χ4v) is 2.79. The lowest BCUT2D eigenvalue weighted by molar-refractivity contribution is 0.176. The molecule has 0 saturated heterocycles. The Bertz CT molecular complexity index is 574. The van der Waals surface area contributed by atoms with E-state index in [0.717, 1.165) is 16.2 Å². The Kier molecular flexibility index (Phi) is 5.35. The Morgan fingerprint density at radius 1 is 1.10 bits per heavy atom. The van der Waals surface area contributed by atoms with Crippen LogP contribution in [0.25, 0.3) is 0 Å². The van der Waals surface area contributed by atoms with Crippen LogP contribution in [0.2, 0.25) is 5.02 Å². The van der Waals surface area contributed by atoms with Crippen LogP contribution < -0.4 is 10.5 Å². The van der Waals surface area contributed by atoms with Crippen molar-refractivity contribution in [1.29, 1.82) is 0 Å². The van der Waals surface area contributed by atoms with Gasteiger partial charge in [-0.15, -0.1) is 11.8 Å². The summed E-state index contributed by atoms with van der Waals surface area (Å²) in [5.41, 5.74) is 7.00. The summed E-state index contributed by atoms with van der Waals surface area (Å²) in [6.07, 6.45) is 1.76. The van der Waals surface area contributed by atoms with Crippen LogP contribution in [0.5, 0.6) is 5.75 Å². The van der Waals surface area contributed by atoms with Gasteiger partial charge in [-0.1, -0.05) is 41.9 Å². The van der Waals surface area contributed by atoms with Crippen LogP contribution in [-0.2, 0) is 0 Å². The van der Waals surface area contributed by atoms with Crippen molar-refractivity contribution >= 4 is 23.4 Å². The molecule has 2 unspecified atom stereocenters. The summed E-state index contributed by atoms with van der Waals surface area (Å²) in [6, 6.07) is 15.4. The van der Waals surface area contributed by atoms with Gasteiger partial charge in [0.15, 0.2) is 0 Å². The Morgan fingerprint density at radius 3 is 2.40 bits per heavy atom. The van der Waals surface area contributed by atoms with Crippen molar-refractivity contribution < 1.29 is 4.74 Å². The van der Waals surface area contributed by atoms with Gasteiger partial charge in [0.1, 0.15) is 11.9 Å². The van der Waals surface area contributed by atoms with Crippen LogP contribution in [0, 0.1) is 0 Å². The summed E-state index contributed by atoms with van der Waals surface area (Å²) in [5.74, 6) is 0.835. The molecule has 2 atom stereocenters. The van der Waals surface area contributed by atoms with Crippen LogP contribution in [0.15, 0.2) is 53.4 Å². The smallest absolute Gasteiger partial charge is 0.140 e. The zero-order valence-corrected chi connectivity index (χ0v) is 13.1. The lowest BCUT2D eigenvalue weighted by atomic mass is 10.0. The largest absolute Gasteiger partial charge is 0.483 e. The standard InChI is InChI=1S/C16H18ClNOS/c1-11(18)16(12-7-3-4-8-13(12)17)19-14-9-5-6-10-15(14)20-2/h3-11,16H,18H2,1-2H3. The maximum Gasteiger partial charge on any atom is 0.140 e. The molecule has 0 aliphatic rings. The first-order valence-electron chi connectivity index (χ1n) is 6.43. The molecule has 0 saturated carbocycles. The van der Waals surface area contributed by atoms with Gasteiger partial charge in [0, 0.05) is 21.5 Å². The Balaban J connectivity index is 2.34. The second kappa shape index (κ2) is 7.02. The zero-order chi connectivity index (χ0) is 14.5. The maximum atomic E-state index is 6.26. The van der Waals surface area contributed by atoms with Crippen molar-refractivity contribution in [2.45, 2.75) is 24.0 Å². The molecule has 0 amide bonds.